The fraction of sp³-hybridized carbons (Fsp3) is 0.345. The van der Waals surface area contributed by atoms with Crippen LogP contribution in [-0.4, -0.2) is 80.0 Å². The Labute approximate surface area is 403 Å². The molecule has 1 saturated carbocycles. The maximum atomic E-state index is 14.2. The summed E-state index contributed by atoms with van der Waals surface area (Å²) in [6.07, 6.45) is 2.25. The van der Waals surface area contributed by atoms with Gasteiger partial charge in [-0.15, -0.1) is 0 Å². The van der Waals surface area contributed by atoms with E-state index in [0.717, 1.165) is 18.4 Å². The van der Waals surface area contributed by atoms with Crippen LogP contribution < -0.4 is 21.3 Å². The molecule has 0 aliphatic heterocycles. The number of carbonyl (C=O) groups excluding carboxylic acids is 8. The van der Waals surface area contributed by atoms with Crippen LogP contribution in [-0.2, 0) is 24.5 Å². The second-order valence-electron chi connectivity index (χ2n) is 19.6. The van der Waals surface area contributed by atoms with Gasteiger partial charge in [-0.1, -0.05) is 77.6 Å². The average Bonchev–Trinajstić information content (AvgIpc) is 3.30. The average molecular weight is 939 g/mol. The van der Waals surface area contributed by atoms with E-state index in [2.05, 4.69) is 55.2 Å². The normalized spacial score (nSPS) is 16.2. The predicted octanol–water partition coefficient (Wildman–Crippen LogP) is 8.28. The molecule has 0 bridgehead atoms. The number of hydrogen-bond donors (Lipinski definition) is 4. The first-order valence-electron chi connectivity index (χ1n) is 22.6. The fourth-order valence-corrected chi connectivity index (χ4v) is 8.71. The number of esters is 2. The summed E-state index contributed by atoms with van der Waals surface area (Å²) < 4.78 is 10.5. The van der Waals surface area contributed by atoms with E-state index in [-0.39, 0.29) is 62.1 Å². The third-order valence-electron chi connectivity index (χ3n) is 12.4. The SMILES string of the molecule is C=C(C)C(=O)COC(=O)c1ccc(C(C)(C)c2ccc(C(=O)OCC(=O)C(=C)C)c(C(=O)Nc3ccc(C(=O)NC4CC(C)(C)CC(C)(CNC(=O)c5ccc(C)cc5)C4)cc3)c2)cc1C(=O)NC. The van der Waals surface area contributed by atoms with E-state index in [1.54, 1.807) is 48.5 Å². The van der Waals surface area contributed by atoms with Crippen LogP contribution in [0.25, 0.3) is 0 Å². The maximum Gasteiger partial charge on any atom is 0.339 e. The highest BCUT2D eigenvalue weighted by Gasteiger charge is 2.42. The molecule has 0 aromatic heterocycles. The third-order valence-corrected chi connectivity index (χ3v) is 12.4. The Morgan fingerprint density at radius 2 is 1.12 bits per heavy atom. The molecule has 1 fully saturated rings. The number of anilines is 1. The number of ketones is 2. The molecule has 14 nitrogen and oxygen atoms in total. The molecule has 4 amide bonds. The molecule has 0 radical (unpaired) electrons. The van der Waals surface area contributed by atoms with Crippen LogP contribution in [0.4, 0.5) is 5.69 Å². The monoisotopic (exact) mass is 938 g/mol. The Morgan fingerprint density at radius 3 is 1.61 bits per heavy atom. The summed E-state index contributed by atoms with van der Waals surface area (Å²) in [5.74, 6) is -4.52. The maximum absolute atomic E-state index is 14.2. The van der Waals surface area contributed by atoms with Gasteiger partial charge in [0.05, 0.1) is 22.3 Å². The molecule has 1 aliphatic rings. The molecule has 362 valence electrons. The number of rotatable bonds is 18. The van der Waals surface area contributed by atoms with E-state index in [9.17, 15) is 38.4 Å². The first-order chi connectivity index (χ1) is 32.3. The van der Waals surface area contributed by atoms with Gasteiger partial charge < -0.3 is 30.7 Å². The molecule has 69 heavy (non-hydrogen) atoms. The molecule has 14 heteroatoms. The largest absolute Gasteiger partial charge is 0.454 e. The number of hydrogen-bond acceptors (Lipinski definition) is 10. The van der Waals surface area contributed by atoms with Gasteiger partial charge in [0.25, 0.3) is 23.6 Å². The summed E-state index contributed by atoms with van der Waals surface area (Å²) in [7, 11) is 1.40. The van der Waals surface area contributed by atoms with Crippen molar-refractivity contribution in [2.45, 2.75) is 86.1 Å². The third kappa shape index (κ3) is 13.4. The van der Waals surface area contributed by atoms with Crippen molar-refractivity contribution in [3.8, 4) is 0 Å². The van der Waals surface area contributed by atoms with Gasteiger partial charge in [0.15, 0.2) is 24.8 Å². The first-order valence-corrected chi connectivity index (χ1v) is 22.6. The number of nitrogens with one attached hydrogen (secondary N) is 4. The summed E-state index contributed by atoms with van der Waals surface area (Å²) in [6, 6.07) is 22.6. The number of amides is 4. The zero-order valence-corrected chi connectivity index (χ0v) is 40.9. The lowest BCUT2D eigenvalue weighted by molar-refractivity contribution is -0.119. The standard InChI is InChI=1S/C55H62N4O10/c1-32(2)45(60)28-68-51(66)41-22-18-37(24-43(41)49(64)56-11)54(8,9)38-19-23-42(52(67)69-29-46(61)33(3)4)44(25-38)50(65)58-39-20-16-36(17-21-39)48(63)59-40-26-53(6,7)30-55(10,27-40)31-57-47(62)35-14-12-34(5)13-15-35/h12-25,40H,1,3,26-31H2,2,4-11H3,(H,56,64)(H,57,62)(H,58,65)(H,59,63). The topological polar surface area (TPSA) is 203 Å². The summed E-state index contributed by atoms with van der Waals surface area (Å²) in [6.45, 7) is 21.5. The smallest absolute Gasteiger partial charge is 0.339 e. The van der Waals surface area contributed by atoms with E-state index in [1.165, 1.54) is 45.2 Å². The van der Waals surface area contributed by atoms with Crippen LogP contribution in [0.2, 0.25) is 0 Å². The number of Topliss-reactive ketones (excluding diaryl/α,β-unsaturated/α-hetero) is 2. The Kier molecular flexibility index (Phi) is 16.5. The lowest BCUT2D eigenvalue weighted by Crippen LogP contribution is -2.50. The van der Waals surface area contributed by atoms with Crippen molar-refractivity contribution in [3.05, 3.63) is 159 Å². The minimum atomic E-state index is -0.968. The van der Waals surface area contributed by atoms with Gasteiger partial charge >= 0.3 is 11.9 Å². The first kappa shape index (κ1) is 52.5. The molecule has 1 aliphatic carbocycles. The Hall–Kier alpha value is -7.48. The molecule has 4 aromatic rings. The van der Waals surface area contributed by atoms with Gasteiger partial charge in [0.2, 0.25) is 0 Å². The zero-order valence-electron chi connectivity index (χ0n) is 40.9. The minimum Gasteiger partial charge on any atom is -0.454 e. The number of carbonyl (C=O) groups is 8. The summed E-state index contributed by atoms with van der Waals surface area (Å²) in [5, 5.41) is 11.6. The van der Waals surface area contributed by atoms with Gasteiger partial charge in [-0.2, -0.15) is 0 Å². The van der Waals surface area contributed by atoms with E-state index in [1.807, 2.05) is 32.9 Å². The summed E-state index contributed by atoms with van der Waals surface area (Å²) >= 11 is 0. The Balaban J connectivity index is 1.37. The molecule has 5 rings (SSSR count). The molecule has 4 N–H and O–H groups in total. The zero-order chi connectivity index (χ0) is 51.0. The highest BCUT2D eigenvalue weighted by molar-refractivity contribution is 6.12. The lowest BCUT2D eigenvalue weighted by Gasteiger charge is -2.47. The van der Waals surface area contributed by atoms with Crippen molar-refractivity contribution in [2.75, 3.05) is 32.1 Å². The Morgan fingerprint density at radius 1 is 0.638 bits per heavy atom. The molecular formula is C55H62N4O10. The number of benzene rings is 4. The highest BCUT2D eigenvalue weighted by Crippen LogP contribution is 2.46. The van der Waals surface area contributed by atoms with Gasteiger partial charge in [-0.25, -0.2) is 9.59 Å². The van der Waals surface area contributed by atoms with E-state index >= 15 is 0 Å². The fourth-order valence-electron chi connectivity index (χ4n) is 8.71. The van der Waals surface area contributed by atoms with Gasteiger partial charge in [-0.05, 0) is 134 Å². The van der Waals surface area contributed by atoms with Crippen molar-refractivity contribution >= 4 is 52.8 Å². The number of aryl methyl sites for hydroxylation is 1. The van der Waals surface area contributed by atoms with Crippen LogP contribution in [0.1, 0.15) is 147 Å². The van der Waals surface area contributed by atoms with Crippen molar-refractivity contribution in [3.63, 3.8) is 0 Å². The molecule has 2 unspecified atom stereocenters. The van der Waals surface area contributed by atoms with Crippen molar-refractivity contribution < 1.29 is 47.8 Å². The van der Waals surface area contributed by atoms with E-state index < -0.39 is 53.9 Å². The van der Waals surface area contributed by atoms with Gasteiger partial charge in [0.1, 0.15) is 0 Å². The van der Waals surface area contributed by atoms with Crippen molar-refractivity contribution in [1.82, 2.24) is 16.0 Å². The summed E-state index contributed by atoms with van der Waals surface area (Å²) in [4.78, 5) is 105. The van der Waals surface area contributed by atoms with Crippen LogP contribution >= 0.6 is 0 Å². The predicted molar refractivity (Wildman–Crippen MR) is 264 cm³/mol. The molecular weight excluding hydrogens is 877 g/mol. The highest BCUT2D eigenvalue weighted by atomic mass is 16.5. The van der Waals surface area contributed by atoms with Crippen LogP contribution in [0.15, 0.2) is 109 Å². The quantitative estimate of drug-likeness (QED) is 0.0555. The molecule has 4 aromatic carbocycles. The minimum absolute atomic E-state index is 0.0195. The van der Waals surface area contributed by atoms with Crippen LogP contribution in [0, 0.1) is 17.8 Å². The second kappa shape index (κ2) is 21.6. The molecule has 0 heterocycles. The van der Waals surface area contributed by atoms with Crippen molar-refractivity contribution in [1.29, 1.82) is 0 Å². The second-order valence-corrected chi connectivity index (χ2v) is 19.6. The molecule has 2 atom stereocenters. The van der Waals surface area contributed by atoms with Gasteiger partial charge in [0, 0.05) is 41.9 Å². The van der Waals surface area contributed by atoms with E-state index in [4.69, 9.17) is 9.47 Å². The molecule has 0 spiro atoms. The lowest BCUT2D eigenvalue weighted by atomic mass is 9.62. The van der Waals surface area contributed by atoms with E-state index in [0.29, 0.717) is 40.9 Å². The van der Waals surface area contributed by atoms with Crippen molar-refractivity contribution in [2.24, 2.45) is 10.8 Å². The van der Waals surface area contributed by atoms with Crippen LogP contribution in [0.5, 0.6) is 0 Å². The summed E-state index contributed by atoms with van der Waals surface area (Å²) in [5.41, 5.74) is 2.10. The Bertz CT molecular complexity index is 2720. The van der Waals surface area contributed by atoms with Gasteiger partial charge in [-0.3, -0.25) is 28.8 Å². The van der Waals surface area contributed by atoms with Crippen LogP contribution in [0.3, 0.4) is 0 Å². The molecule has 0 saturated heterocycles. The number of ether oxygens (including phenoxy) is 2.